The third kappa shape index (κ3) is 2.47. The fourth-order valence-corrected chi connectivity index (χ4v) is 1.56. The molecule has 1 rings (SSSR count). The highest BCUT2D eigenvalue weighted by atomic mass is 14.3. The van der Waals surface area contributed by atoms with Crippen molar-refractivity contribution >= 4 is 0 Å². The minimum Gasteiger partial charge on any atom is -0.193 e. The molecule has 0 saturated carbocycles. The fourth-order valence-electron chi connectivity index (χ4n) is 1.56. The Bertz CT molecular complexity index is 355. The largest absolute Gasteiger partial charge is 0.193 e. The lowest BCUT2D eigenvalue weighted by Crippen LogP contribution is -2.17. The van der Waals surface area contributed by atoms with Gasteiger partial charge in [0.1, 0.15) is 0 Å². The highest BCUT2D eigenvalue weighted by Gasteiger charge is 2.20. The van der Waals surface area contributed by atoms with Gasteiger partial charge in [0.15, 0.2) is 0 Å². The van der Waals surface area contributed by atoms with Crippen molar-refractivity contribution in [2.75, 3.05) is 0 Å². The molecule has 0 saturated heterocycles. The Kier molecular flexibility index (Phi) is 3.09. The van der Waals surface area contributed by atoms with E-state index in [0.29, 0.717) is 12.0 Å². The van der Waals surface area contributed by atoms with E-state index in [-0.39, 0.29) is 5.41 Å². The van der Waals surface area contributed by atoms with E-state index in [4.69, 9.17) is 5.26 Å². The maximum Gasteiger partial charge on any atom is 0.0941 e. The monoisotopic (exact) mass is 185 g/mol. The summed E-state index contributed by atoms with van der Waals surface area (Å²) in [5.74, 6) is 0. The molecule has 0 spiro atoms. The first kappa shape index (κ1) is 10.5. The van der Waals surface area contributed by atoms with Crippen molar-refractivity contribution in [2.24, 2.45) is 0 Å². The van der Waals surface area contributed by atoms with Gasteiger partial charge in [-0.3, -0.25) is 0 Å². The molecule has 1 heteroatoms. The van der Waals surface area contributed by atoms with Crippen LogP contribution in [0.25, 0.3) is 0 Å². The van der Waals surface area contributed by atoms with Crippen molar-refractivity contribution in [1.29, 1.82) is 5.26 Å². The quantitative estimate of drug-likeness (QED) is 0.662. The van der Waals surface area contributed by atoms with Crippen LogP contribution in [-0.2, 0) is 5.41 Å². The summed E-state index contributed by atoms with van der Waals surface area (Å²) in [4.78, 5) is 0. The SMILES string of the molecule is C=C(C#N)CC(C)(C)c1ccccc1. The number of nitrogens with zero attached hydrogens (tertiary/aromatic N) is 1. The first-order valence-electron chi connectivity index (χ1n) is 4.69. The van der Waals surface area contributed by atoms with Crippen LogP contribution in [0.4, 0.5) is 0 Å². The summed E-state index contributed by atoms with van der Waals surface area (Å²) in [5.41, 5.74) is 1.88. The molecular formula is C13H15N. The molecule has 0 unspecified atom stereocenters. The minimum atomic E-state index is -0.00588. The Morgan fingerprint density at radius 2 is 1.93 bits per heavy atom. The van der Waals surface area contributed by atoms with Crippen LogP contribution in [0.5, 0.6) is 0 Å². The molecule has 0 radical (unpaired) electrons. The van der Waals surface area contributed by atoms with Crippen LogP contribution in [0.15, 0.2) is 42.5 Å². The van der Waals surface area contributed by atoms with Crippen molar-refractivity contribution < 1.29 is 0 Å². The lowest BCUT2D eigenvalue weighted by Gasteiger charge is -2.24. The van der Waals surface area contributed by atoms with Crippen LogP contribution in [-0.4, -0.2) is 0 Å². The Hall–Kier alpha value is -1.55. The molecule has 0 heterocycles. The standard InChI is InChI=1S/C13H15N/c1-11(10-14)9-13(2,3)12-7-5-4-6-8-12/h4-8H,1,9H2,2-3H3. The smallest absolute Gasteiger partial charge is 0.0941 e. The summed E-state index contributed by atoms with van der Waals surface area (Å²) in [5, 5.41) is 8.70. The van der Waals surface area contributed by atoms with E-state index in [9.17, 15) is 0 Å². The highest BCUT2D eigenvalue weighted by molar-refractivity contribution is 5.28. The highest BCUT2D eigenvalue weighted by Crippen LogP contribution is 2.29. The lowest BCUT2D eigenvalue weighted by molar-refractivity contribution is 0.526. The van der Waals surface area contributed by atoms with E-state index in [0.717, 1.165) is 0 Å². The van der Waals surface area contributed by atoms with Gasteiger partial charge >= 0.3 is 0 Å². The normalized spacial score (nSPS) is 10.6. The van der Waals surface area contributed by atoms with E-state index >= 15 is 0 Å². The van der Waals surface area contributed by atoms with Gasteiger partial charge in [-0.05, 0) is 17.4 Å². The van der Waals surface area contributed by atoms with Crippen molar-refractivity contribution in [2.45, 2.75) is 25.7 Å². The van der Waals surface area contributed by atoms with Crippen molar-refractivity contribution in [1.82, 2.24) is 0 Å². The van der Waals surface area contributed by atoms with Crippen LogP contribution in [0, 0.1) is 11.3 Å². The number of benzene rings is 1. The summed E-state index contributed by atoms with van der Waals surface area (Å²) in [6.07, 6.45) is 0.716. The molecule has 0 aromatic heterocycles. The molecule has 0 fully saturated rings. The number of nitriles is 1. The van der Waals surface area contributed by atoms with Gasteiger partial charge in [-0.25, -0.2) is 0 Å². The third-order valence-electron chi connectivity index (χ3n) is 2.37. The minimum absolute atomic E-state index is 0.00588. The van der Waals surface area contributed by atoms with E-state index < -0.39 is 0 Å². The predicted octanol–water partition coefficient (Wildman–Crippen LogP) is 3.43. The molecule has 1 aromatic rings. The fraction of sp³-hybridized carbons (Fsp3) is 0.308. The molecule has 0 amide bonds. The van der Waals surface area contributed by atoms with E-state index in [1.165, 1.54) is 5.56 Å². The average Bonchev–Trinajstić information content (AvgIpc) is 2.18. The number of hydrogen-bond donors (Lipinski definition) is 0. The van der Waals surface area contributed by atoms with Gasteiger partial charge in [0, 0.05) is 5.57 Å². The Morgan fingerprint density at radius 3 is 2.43 bits per heavy atom. The summed E-state index contributed by atoms with van der Waals surface area (Å²) < 4.78 is 0. The van der Waals surface area contributed by atoms with E-state index in [1.807, 2.05) is 18.2 Å². The molecule has 0 aliphatic carbocycles. The molecule has 1 nitrogen and oxygen atoms in total. The molecule has 0 aliphatic heterocycles. The van der Waals surface area contributed by atoms with Crippen LogP contribution in [0.1, 0.15) is 25.8 Å². The van der Waals surface area contributed by atoms with Crippen LogP contribution < -0.4 is 0 Å². The topological polar surface area (TPSA) is 23.8 Å². The van der Waals surface area contributed by atoms with Gasteiger partial charge < -0.3 is 0 Å². The second-order valence-corrected chi connectivity index (χ2v) is 4.14. The average molecular weight is 185 g/mol. The van der Waals surface area contributed by atoms with Crippen molar-refractivity contribution in [3.8, 4) is 6.07 Å². The van der Waals surface area contributed by atoms with E-state index in [2.05, 4.69) is 38.6 Å². The Morgan fingerprint density at radius 1 is 1.36 bits per heavy atom. The first-order valence-corrected chi connectivity index (χ1v) is 4.69. The van der Waals surface area contributed by atoms with Crippen LogP contribution in [0.2, 0.25) is 0 Å². The molecule has 0 aliphatic rings. The van der Waals surface area contributed by atoms with Crippen molar-refractivity contribution in [3.63, 3.8) is 0 Å². The van der Waals surface area contributed by atoms with Crippen LogP contribution >= 0.6 is 0 Å². The van der Waals surface area contributed by atoms with E-state index in [1.54, 1.807) is 0 Å². The Balaban J connectivity index is 2.87. The number of hydrogen-bond acceptors (Lipinski definition) is 1. The maximum atomic E-state index is 8.70. The van der Waals surface area contributed by atoms with Gasteiger partial charge in [0.2, 0.25) is 0 Å². The molecule has 0 atom stereocenters. The zero-order valence-corrected chi connectivity index (χ0v) is 8.75. The molecule has 0 N–H and O–H groups in total. The molecule has 0 bridgehead atoms. The van der Waals surface area contributed by atoms with Gasteiger partial charge in [-0.15, -0.1) is 0 Å². The molecule has 14 heavy (non-hydrogen) atoms. The molecule has 1 aromatic carbocycles. The number of allylic oxidation sites excluding steroid dienone is 1. The third-order valence-corrected chi connectivity index (χ3v) is 2.37. The predicted molar refractivity (Wildman–Crippen MR) is 58.8 cm³/mol. The van der Waals surface area contributed by atoms with Crippen molar-refractivity contribution in [3.05, 3.63) is 48.0 Å². The van der Waals surface area contributed by atoms with Gasteiger partial charge in [-0.1, -0.05) is 50.8 Å². The van der Waals surface area contributed by atoms with Gasteiger partial charge in [-0.2, -0.15) is 5.26 Å². The maximum absolute atomic E-state index is 8.70. The summed E-state index contributed by atoms with van der Waals surface area (Å²) >= 11 is 0. The second kappa shape index (κ2) is 4.11. The lowest BCUT2D eigenvalue weighted by atomic mass is 9.79. The first-order chi connectivity index (χ1) is 6.56. The zero-order valence-electron chi connectivity index (χ0n) is 8.75. The van der Waals surface area contributed by atoms with Crippen LogP contribution in [0.3, 0.4) is 0 Å². The zero-order chi connectivity index (χ0) is 10.6. The summed E-state index contributed by atoms with van der Waals surface area (Å²) in [6.45, 7) is 7.98. The van der Waals surface area contributed by atoms with Gasteiger partial charge in [0.05, 0.1) is 6.07 Å². The number of rotatable bonds is 3. The molecule has 72 valence electrons. The Labute approximate surface area is 85.7 Å². The molecular weight excluding hydrogens is 170 g/mol. The summed E-state index contributed by atoms with van der Waals surface area (Å²) in [6, 6.07) is 12.3. The van der Waals surface area contributed by atoms with Gasteiger partial charge in [0.25, 0.3) is 0 Å². The second-order valence-electron chi connectivity index (χ2n) is 4.14. The summed E-state index contributed by atoms with van der Waals surface area (Å²) in [7, 11) is 0.